The van der Waals surface area contributed by atoms with Crippen LogP contribution in [0.25, 0.3) is 6.08 Å². The average molecular weight is 543 g/mol. The number of hydrogen-bond donors (Lipinski definition) is 0. The minimum absolute atomic E-state index is 0.198. The first-order valence-electron chi connectivity index (χ1n) is 9.77. The van der Waals surface area contributed by atoms with Gasteiger partial charge in [0.05, 0.1) is 7.11 Å². The fourth-order valence-corrected chi connectivity index (χ4v) is 3.48. The second-order valence-electron chi connectivity index (χ2n) is 7.13. The van der Waals surface area contributed by atoms with E-state index in [1.807, 2.05) is 25.1 Å². The maximum atomic E-state index is 13.4. The maximum absolute atomic E-state index is 13.4. The molecule has 0 radical (unpaired) electrons. The maximum Gasteiger partial charge on any atom is 0.363 e. The zero-order valence-electron chi connectivity index (χ0n) is 17.4. The Morgan fingerprint density at radius 3 is 2.69 bits per heavy atom. The molecule has 0 saturated carbocycles. The Bertz CT molecular complexity index is 1250. The number of ether oxygens (including phenoxy) is 3. The first-order chi connectivity index (χ1) is 15.4. The number of aryl methyl sites for hydroxylation is 1. The van der Waals surface area contributed by atoms with Gasteiger partial charge in [-0.3, -0.25) is 0 Å². The highest BCUT2D eigenvalue weighted by molar-refractivity contribution is 14.1. The molecule has 0 unspecified atom stereocenters. The van der Waals surface area contributed by atoms with Crippen LogP contribution >= 0.6 is 22.6 Å². The fourth-order valence-electron chi connectivity index (χ4n) is 3.15. The van der Waals surface area contributed by atoms with Crippen molar-refractivity contribution in [3.63, 3.8) is 0 Å². The Hall–Kier alpha value is -3.20. The molecule has 1 aliphatic rings. The third kappa shape index (κ3) is 4.99. The molecule has 3 aromatic rings. The third-order valence-corrected chi connectivity index (χ3v) is 6.01. The lowest BCUT2D eigenvalue weighted by Gasteiger charge is -2.11. The summed E-state index contributed by atoms with van der Waals surface area (Å²) in [6.45, 7) is 2.19. The summed E-state index contributed by atoms with van der Waals surface area (Å²) in [6.07, 6.45) is 1.63. The predicted octanol–water partition coefficient (Wildman–Crippen LogP) is 5.67. The molecule has 0 aromatic heterocycles. The van der Waals surface area contributed by atoms with E-state index in [0.717, 1.165) is 14.7 Å². The van der Waals surface area contributed by atoms with Crippen molar-refractivity contribution in [1.82, 2.24) is 0 Å². The summed E-state index contributed by atoms with van der Waals surface area (Å²) in [5.41, 5.74) is 3.44. The number of carbonyl (C=O) groups excluding carboxylic acids is 1. The average Bonchev–Trinajstić information content (AvgIpc) is 3.14. The van der Waals surface area contributed by atoms with Crippen LogP contribution in [0.1, 0.15) is 22.3 Å². The Kier molecular flexibility index (Phi) is 6.55. The summed E-state index contributed by atoms with van der Waals surface area (Å²) in [7, 11) is 1.53. The van der Waals surface area contributed by atoms with Gasteiger partial charge < -0.3 is 14.2 Å². The van der Waals surface area contributed by atoms with E-state index in [1.54, 1.807) is 36.4 Å². The highest BCUT2D eigenvalue weighted by Crippen LogP contribution is 2.30. The number of carbonyl (C=O) groups is 1. The van der Waals surface area contributed by atoms with Gasteiger partial charge in [-0.15, -0.1) is 0 Å². The van der Waals surface area contributed by atoms with Gasteiger partial charge in [-0.05, 0) is 94.7 Å². The van der Waals surface area contributed by atoms with Crippen molar-refractivity contribution in [2.75, 3.05) is 7.11 Å². The number of aliphatic imine (C=N–C) groups is 1. The Morgan fingerprint density at radius 2 is 1.94 bits per heavy atom. The molecule has 32 heavy (non-hydrogen) atoms. The Labute approximate surface area is 198 Å². The zero-order chi connectivity index (χ0) is 22.7. The molecule has 0 bridgehead atoms. The molecule has 4 rings (SSSR count). The molecule has 5 nitrogen and oxygen atoms in total. The minimum Gasteiger partial charge on any atom is -0.493 e. The van der Waals surface area contributed by atoms with E-state index in [4.69, 9.17) is 14.2 Å². The molecule has 3 aromatic carbocycles. The minimum atomic E-state index is -0.512. The summed E-state index contributed by atoms with van der Waals surface area (Å²) >= 11 is 2.25. The van der Waals surface area contributed by atoms with Crippen molar-refractivity contribution in [1.29, 1.82) is 0 Å². The molecule has 0 spiro atoms. The van der Waals surface area contributed by atoms with Crippen LogP contribution in [-0.4, -0.2) is 19.0 Å². The summed E-state index contributed by atoms with van der Waals surface area (Å²) in [4.78, 5) is 16.7. The van der Waals surface area contributed by atoms with E-state index < -0.39 is 5.97 Å². The molecule has 0 amide bonds. The highest BCUT2D eigenvalue weighted by Gasteiger charge is 2.24. The number of esters is 1. The quantitative estimate of drug-likeness (QED) is 0.229. The van der Waals surface area contributed by atoms with Crippen molar-refractivity contribution in [3.8, 4) is 11.5 Å². The molecular weight excluding hydrogens is 524 g/mol. The molecule has 162 valence electrons. The number of cyclic esters (lactones) is 1. The van der Waals surface area contributed by atoms with Gasteiger partial charge in [0.1, 0.15) is 12.4 Å². The number of methoxy groups -OCH3 is 1. The lowest BCUT2D eigenvalue weighted by atomic mass is 10.1. The number of rotatable bonds is 6. The molecule has 1 heterocycles. The fraction of sp³-hybridized carbons (Fsp3) is 0.120. The van der Waals surface area contributed by atoms with Crippen molar-refractivity contribution in [2.24, 2.45) is 4.99 Å². The van der Waals surface area contributed by atoms with Gasteiger partial charge in [0.25, 0.3) is 0 Å². The largest absolute Gasteiger partial charge is 0.493 e. The van der Waals surface area contributed by atoms with E-state index in [0.29, 0.717) is 22.6 Å². The molecule has 0 saturated heterocycles. The van der Waals surface area contributed by atoms with Gasteiger partial charge in [0, 0.05) is 9.13 Å². The number of halogens is 2. The predicted molar refractivity (Wildman–Crippen MR) is 128 cm³/mol. The molecule has 7 heteroatoms. The van der Waals surface area contributed by atoms with Crippen LogP contribution < -0.4 is 9.47 Å². The molecular formula is C25H19FINO4. The number of nitrogens with zero attached hydrogens (tertiary/aromatic N) is 1. The lowest BCUT2D eigenvalue weighted by molar-refractivity contribution is -0.129. The summed E-state index contributed by atoms with van der Waals surface area (Å²) in [6, 6.07) is 17.2. The number of hydrogen-bond acceptors (Lipinski definition) is 5. The molecule has 1 aliphatic heterocycles. The van der Waals surface area contributed by atoms with E-state index in [1.165, 1.54) is 19.2 Å². The van der Waals surface area contributed by atoms with Crippen LogP contribution in [0.4, 0.5) is 4.39 Å². The Balaban J connectivity index is 1.54. The van der Waals surface area contributed by atoms with E-state index in [-0.39, 0.29) is 24.0 Å². The first-order valence-corrected chi connectivity index (χ1v) is 10.8. The molecule has 0 fully saturated rings. The number of benzene rings is 3. The second-order valence-corrected chi connectivity index (χ2v) is 8.29. The van der Waals surface area contributed by atoms with Crippen LogP contribution in [0.5, 0.6) is 11.5 Å². The van der Waals surface area contributed by atoms with Gasteiger partial charge in [-0.25, -0.2) is 14.2 Å². The van der Waals surface area contributed by atoms with Gasteiger partial charge in [-0.1, -0.05) is 18.2 Å². The summed E-state index contributed by atoms with van der Waals surface area (Å²) < 4.78 is 31.0. The Morgan fingerprint density at radius 1 is 1.09 bits per heavy atom. The first kappa shape index (κ1) is 22.0. The third-order valence-electron chi connectivity index (χ3n) is 4.80. The van der Waals surface area contributed by atoms with Crippen LogP contribution in [0.3, 0.4) is 0 Å². The second kappa shape index (κ2) is 9.52. The van der Waals surface area contributed by atoms with Gasteiger partial charge in [0.15, 0.2) is 17.2 Å². The van der Waals surface area contributed by atoms with Crippen molar-refractivity contribution < 1.29 is 23.4 Å². The monoisotopic (exact) mass is 543 g/mol. The highest BCUT2D eigenvalue weighted by atomic mass is 127. The van der Waals surface area contributed by atoms with Crippen LogP contribution in [0.15, 0.2) is 71.4 Å². The standard InChI is InChI=1S/C25H19FINO4/c1-15-10-18(7-8-20(15)27)24-28-21(25(29)32-24)12-16-6-9-22(23(13-16)30-2)31-14-17-4-3-5-19(26)11-17/h3-13H,14H2,1-2H3/b21-12-. The SMILES string of the molecule is COc1cc(/C=C2\N=C(c3ccc(I)c(C)c3)OC2=O)ccc1OCc1cccc(F)c1. The van der Waals surface area contributed by atoms with Crippen LogP contribution in [-0.2, 0) is 16.1 Å². The van der Waals surface area contributed by atoms with Crippen LogP contribution in [0, 0.1) is 16.3 Å². The topological polar surface area (TPSA) is 57.1 Å². The van der Waals surface area contributed by atoms with Gasteiger partial charge >= 0.3 is 5.97 Å². The molecule has 0 aliphatic carbocycles. The van der Waals surface area contributed by atoms with Crippen molar-refractivity contribution >= 4 is 40.5 Å². The zero-order valence-corrected chi connectivity index (χ0v) is 19.6. The van der Waals surface area contributed by atoms with Gasteiger partial charge in [0.2, 0.25) is 5.90 Å². The molecule has 0 atom stereocenters. The van der Waals surface area contributed by atoms with Gasteiger partial charge in [-0.2, -0.15) is 0 Å². The van der Waals surface area contributed by atoms with E-state index in [9.17, 15) is 9.18 Å². The van der Waals surface area contributed by atoms with E-state index >= 15 is 0 Å². The normalized spacial score (nSPS) is 14.3. The molecule has 0 N–H and O–H groups in total. The summed E-state index contributed by atoms with van der Waals surface area (Å²) in [5, 5.41) is 0. The van der Waals surface area contributed by atoms with Crippen molar-refractivity contribution in [2.45, 2.75) is 13.5 Å². The lowest BCUT2D eigenvalue weighted by Crippen LogP contribution is -2.05. The summed E-state index contributed by atoms with van der Waals surface area (Å²) in [5.74, 6) is 0.444. The smallest absolute Gasteiger partial charge is 0.363 e. The van der Waals surface area contributed by atoms with E-state index in [2.05, 4.69) is 27.6 Å². The van der Waals surface area contributed by atoms with Crippen molar-refractivity contribution in [3.05, 3.63) is 98.0 Å². The van der Waals surface area contributed by atoms with Crippen LogP contribution in [0.2, 0.25) is 0 Å².